The lowest BCUT2D eigenvalue weighted by molar-refractivity contribution is -0.141. The monoisotopic (exact) mass is 627 g/mol. The number of aryl methyl sites for hydroxylation is 1. The van der Waals surface area contributed by atoms with Gasteiger partial charge in [-0.3, -0.25) is 20.0 Å². The summed E-state index contributed by atoms with van der Waals surface area (Å²) in [5.41, 5.74) is 5.42. The summed E-state index contributed by atoms with van der Waals surface area (Å²) in [4.78, 5) is 38.4. The van der Waals surface area contributed by atoms with Gasteiger partial charge in [0.2, 0.25) is 8.32 Å². The summed E-state index contributed by atoms with van der Waals surface area (Å²) in [5, 5.41) is 9.03. The lowest BCUT2D eigenvalue weighted by atomic mass is 9.97. The average molecular weight is 628 g/mol. The molecule has 2 N–H and O–H groups in total. The number of amides is 3. The minimum atomic E-state index is -2.19. The first-order chi connectivity index (χ1) is 20.6. The Morgan fingerprint density at radius 1 is 1.11 bits per heavy atom. The van der Waals surface area contributed by atoms with Crippen LogP contribution in [-0.4, -0.2) is 71.8 Å². The zero-order valence-corrected chi connectivity index (χ0v) is 28.6. The average Bonchev–Trinajstić information content (AvgIpc) is 3.47. The lowest BCUT2D eigenvalue weighted by Crippen LogP contribution is -2.50. The fourth-order valence-corrected chi connectivity index (χ4v) is 5.58. The molecule has 13 heteroatoms. The third-order valence-corrected chi connectivity index (χ3v) is 12.5. The first kappa shape index (κ1) is 33.5. The highest BCUT2D eigenvalue weighted by molar-refractivity contribution is 6.74. The van der Waals surface area contributed by atoms with E-state index in [1.807, 2.05) is 62.0 Å². The van der Waals surface area contributed by atoms with Crippen LogP contribution in [0.25, 0.3) is 0 Å². The van der Waals surface area contributed by atoms with Gasteiger partial charge in [0.1, 0.15) is 30.1 Å². The van der Waals surface area contributed by atoms with Crippen molar-refractivity contribution in [3.05, 3.63) is 53.3 Å². The summed E-state index contributed by atoms with van der Waals surface area (Å²) in [6.07, 6.45) is 2.90. The maximum atomic E-state index is 13.9. The molecular weight excluding hydrogens is 578 g/mol. The summed E-state index contributed by atoms with van der Waals surface area (Å²) in [5.74, 6) is 0.543. The summed E-state index contributed by atoms with van der Waals surface area (Å²) < 4.78 is 13.6. The molecule has 0 saturated carbocycles. The normalized spacial score (nSPS) is 18.8. The number of hydrogen-bond acceptors (Lipinski definition) is 7. The second-order valence-corrected chi connectivity index (χ2v) is 18.6. The molecule has 2 bridgehead atoms. The van der Waals surface area contributed by atoms with Gasteiger partial charge in [-0.1, -0.05) is 51.1 Å². The number of hydroxylamine groups is 3. The van der Waals surface area contributed by atoms with Crippen molar-refractivity contribution in [2.24, 2.45) is 4.99 Å². The van der Waals surface area contributed by atoms with Crippen LogP contribution in [0.2, 0.25) is 18.1 Å². The van der Waals surface area contributed by atoms with Gasteiger partial charge in [0.05, 0.1) is 18.4 Å². The number of ether oxygens (including phenoxy) is 1. The molecule has 2 aromatic rings. The number of benzene rings is 1. The molecule has 1 aromatic heterocycles. The highest BCUT2D eigenvalue weighted by Crippen LogP contribution is 2.45. The van der Waals surface area contributed by atoms with Gasteiger partial charge in [0, 0.05) is 25.7 Å². The Kier molecular flexibility index (Phi) is 10.1. The van der Waals surface area contributed by atoms with Crippen LogP contribution in [0.4, 0.5) is 9.59 Å². The Bertz CT molecular complexity index is 1330. The van der Waals surface area contributed by atoms with Crippen LogP contribution in [0.5, 0.6) is 0 Å². The highest BCUT2D eigenvalue weighted by atomic mass is 28.4. The SMILES string of the molecule is CN=C(NO[Si](C)(C)C(C)(C)C)[C@@H]1c2c(cnn2CCCCNC(=O)OC(C)(C)C)[C@@H]2CN1C(=O)N2OCc1ccccc1. The Balaban J connectivity index is 1.55. The Morgan fingerprint density at radius 2 is 1.82 bits per heavy atom. The Labute approximate surface area is 262 Å². The second-order valence-electron chi connectivity index (χ2n) is 13.9. The van der Waals surface area contributed by atoms with E-state index in [1.165, 1.54) is 5.06 Å². The number of aliphatic imine (C=N–C) groups is 1. The van der Waals surface area contributed by atoms with Crippen molar-refractivity contribution >= 4 is 26.3 Å². The first-order valence-electron chi connectivity index (χ1n) is 15.3. The molecule has 2 atom stereocenters. The van der Waals surface area contributed by atoms with Crippen LogP contribution in [0.15, 0.2) is 41.5 Å². The largest absolute Gasteiger partial charge is 0.444 e. The molecule has 0 unspecified atom stereocenters. The van der Waals surface area contributed by atoms with Crippen molar-refractivity contribution in [1.29, 1.82) is 0 Å². The van der Waals surface area contributed by atoms with Crippen LogP contribution in [0, 0.1) is 0 Å². The van der Waals surface area contributed by atoms with Gasteiger partial charge in [0.15, 0.2) is 0 Å². The van der Waals surface area contributed by atoms with Crippen molar-refractivity contribution in [1.82, 2.24) is 30.5 Å². The number of amidine groups is 1. The number of urea groups is 1. The molecule has 44 heavy (non-hydrogen) atoms. The van der Waals surface area contributed by atoms with E-state index in [2.05, 4.69) is 49.7 Å². The minimum Gasteiger partial charge on any atom is -0.444 e. The van der Waals surface area contributed by atoms with Gasteiger partial charge in [-0.25, -0.2) is 9.59 Å². The van der Waals surface area contributed by atoms with Crippen LogP contribution < -0.4 is 10.8 Å². The van der Waals surface area contributed by atoms with E-state index in [0.717, 1.165) is 29.7 Å². The fourth-order valence-electron chi connectivity index (χ4n) is 4.92. The molecule has 12 nitrogen and oxygen atoms in total. The number of nitrogens with one attached hydrogen (secondary N) is 2. The molecule has 4 rings (SSSR count). The van der Waals surface area contributed by atoms with Crippen LogP contribution in [0.1, 0.15) is 83.3 Å². The molecule has 3 amide bonds. The summed E-state index contributed by atoms with van der Waals surface area (Å²) in [7, 11) is -0.487. The van der Waals surface area contributed by atoms with Crippen LogP contribution in [0.3, 0.4) is 0 Å². The number of fused-ring (bicyclic) bond motifs is 4. The molecular formula is C31H49N7O5Si. The summed E-state index contributed by atoms with van der Waals surface area (Å²) in [6.45, 7) is 18.2. The summed E-state index contributed by atoms with van der Waals surface area (Å²) in [6, 6.07) is 8.73. The zero-order valence-electron chi connectivity index (χ0n) is 27.6. The van der Waals surface area contributed by atoms with Crippen molar-refractivity contribution in [2.45, 2.75) is 103 Å². The Hall–Kier alpha value is -3.42. The molecule has 242 valence electrons. The van der Waals surface area contributed by atoms with Crippen molar-refractivity contribution < 1.29 is 23.7 Å². The first-order valence-corrected chi connectivity index (χ1v) is 18.2. The topological polar surface area (TPSA) is 123 Å². The van der Waals surface area contributed by atoms with Crippen LogP contribution in [-0.2, 0) is 27.3 Å². The third kappa shape index (κ3) is 7.61. The predicted octanol–water partition coefficient (Wildman–Crippen LogP) is 5.71. The maximum absolute atomic E-state index is 13.9. The molecule has 1 saturated heterocycles. The van der Waals surface area contributed by atoms with E-state index >= 15 is 0 Å². The number of carbonyl (C=O) groups is 2. The number of carbonyl (C=O) groups excluding carboxylic acids is 2. The van der Waals surface area contributed by atoms with Crippen LogP contribution >= 0.6 is 0 Å². The maximum Gasteiger partial charge on any atom is 0.407 e. The number of alkyl carbamates (subject to hydrolysis) is 1. The molecule has 2 aliphatic rings. The van der Waals surface area contributed by atoms with E-state index in [-0.39, 0.29) is 23.7 Å². The molecule has 1 aromatic carbocycles. The molecule has 0 aliphatic carbocycles. The number of rotatable bonds is 11. The van der Waals surface area contributed by atoms with Crippen molar-refractivity contribution in [2.75, 3.05) is 20.1 Å². The smallest absolute Gasteiger partial charge is 0.407 e. The number of aromatic nitrogens is 2. The quantitative estimate of drug-likeness (QED) is 0.108. The fraction of sp³-hybridized carbons (Fsp3) is 0.613. The van der Waals surface area contributed by atoms with E-state index in [1.54, 1.807) is 11.9 Å². The van der Waals surface area contributed by atoms with E-state index in [9.17, 15) is 9.59 Å². The molecule has 3 heterocycles. The van der Waals surface area contributed by atoms with Gasteiger partial charge < -0.3 is 19.5 Å². The number of hydrogen-bond donors (Lipinski definition) is 2. The Morgan fingerprint density at radius 3 is 2.45 bits per heavy atom. The standard InChI is InChI=1S/C31H49N7O5Si/c1-30(2,3)42-28(39)33-17-13-14-18-37-25-23(19-34-37)24-20-36(29(40)38(24)41-21-22-15-11-10-12-16-22)26(25)27(32-7)35-43-44(8,9)31(4,5)6/h10-12,15-16,19,24,26H,13-14,17-18,20-21H2,1-9H3,(H,32,35)(H,33,39)/t24-,26-/m0/s1. The minimum absolute atomic E-state index is 0.0255. The van der Waals surface area contributed by atoms with E-state index in [0.29, 0.717) is 25.5 Å². The molecule has 0 spiro atoms. The number of unbranched alkanes of at least 4 members (excludes halogenated alkanes) is 1. The van der Waals surface area contributed by atoms with E-state index in [4.69, 9.17) is 19.2 Å². The second kappa shape index (κ2) is 13.3. The van der Waals surface area contributed by atoms with E-state index < -0.39 is 26.1 Å². The zero-order chi connectivity index (χ0) is 32.3. The predicted molar refractivity (Wildman–Crippen MR) is 171 cm³/mol. The molecule has 0 radical (unpaired) electrons. The molecule has 2 aliphatic heterocycles. The van der Waals surface area contributed by atoms with Gasteiger partial charge in [-0.15, -0.1) is 0 Å². The number of nitrogens with zero attached hydrogens (tertiary/aromatic N) is 5. The van der Waals surface area contributed by atoms with Gasteiger partial charge in [-0.2, -0.15) is 10.2 Å². The highest BCUT2D eigenvalue weighted by Gasteiger charge is 2.52. The third-order valence-electron chi connectivity index (χ3n) is 8.32. The van der Waals surface area contributed by atoms with Gasteiger partial charge >= 0.3 is 12.1 Å². The summed E-state index contributed by atoms with van der Waals surface area (Å²) >= 11 is 0. The lowest BCUT2D eigenvalue weighted by Gasteiger charge is -2.38. The van der Waals surface area contributed by atoms with Gasteiger partial charge in [-0.05, 0) is 57.3 Å². The molecule has 1 fully saturated rings. The van der Waals surface area contributed by atoms with Crippen molar-refractivity contribution in [3.63, 3.8) is 0 Å². The van der Waals surface area contributed by atoms with Crippen molar-refractivity contribution in [3.8, 4) is 0 Å². The van der Waals surface area contributed by atoms with Gasteiger partial charge in [0.25, 0.3) is 0 Å².